The number of anilines is 1. The zero-order valence-corrected chi connectivity index (χ0v) is 13.4. The van der Waals surface area contributed by atoms with Crippen LogP contribution in [0, 0.1) is 5.92 Å². The number of nitrogens with zero attached hydrogens (tertiary/aromatic N) is 2. The first-order valence-corrected chi connectivity index (χ1v) is 7.64. The van der Waals surface area contributed by atoms with Crippen molar-refractivity contribution < 1.29 is 4.79 Å². The average molecular weight is 289 g/mol. The molecule has 1 aromatic heterocycles. The van der Waals surface area contributed by atoms with Gasteiger partial charge in [0.15, 0.2) is 0 Å². The van der Waals surface area contributed by atoms with E-state index in [9.17, 15) is 4.79 Å². The summed E-state index contributed by atoms with van der Waals surface area (Å²) >= 11 is 0. The van der Waals surface area contributed by atoms with E-state index in [1.165, 1.54) is 24.8 Å². The van der Waals surface area contributed by atoms with Gasteiger partial charge in [0.05, 0.1) is 0 Å². The molecule has 116 valence electrons. The molecule has 0 unspecified atom stereocenters. The molecule has 1 N–H and O–H groups in total. The maximum absolute atomic E-state index is 10.1. The van der Waals surface area contributed by atoms with Gasteiger partial charge in [-0.1, -0.05) is 32.8 Å². The predicted octanol–water partition coefficient (Wildman–Crippen LogP) is 3.15. The predicted molar refractivity (Wildman–Crippen MR) is 88.2 cm³/mol. The van der Waals surface area contributed by atoms with E-state index in [-0.39, 0.29) is 0 Å². The summed E-state index contributed by atoms with van der Waals surface area (Å²) < 4.78 is 0. The van der Waals surface area contributed by atoms with Gasteiger partial charge < -0.3 is 10.2 Å². The number of carbonyl (C=O) groups is 1. The van der Waals surface area contributed by atoms with Gasteiger partial charge in [0.1, 0.15) is 5.82 Å². The van der Waals surface area contributed by atoms with Gasteiger partial charge >= 0.3 is 0 Å². The lowest BCUT2D eigenvalue weighted by Gasteiger charge is -2.16. The fourth-order valence-electron chi connectivity index (χ4n) is 2.08. The van der Waals surface area contributed by atoms with Crippen molar-refractivity contribution >= 4 is 12.2 Å². The van der Waals surface area contributed by atoms with Gasteiger partial charge in [0.25, 0.3) is 0 Å². The molecular formula is C17H27N3O. The molecule has 0 radical (unpaired) electrons. The van der Waals surface area contributed by atoms with Gasteiger partial charge in [-0.05, 0) is 36.5 Å². The molecule has 1 amide bonds. The van der Waals surface area contributed by atoms with Crippen molar-refractivity contribution in [3.63, 3.8) is 0 Å². The number of hydrogen-bond donors (Lipinski definition) is 1. The standard InChI is InChI=1S/C17H27N3O/c1-15(2)7-4-5-8-16-9-10-17(19-13-16)20(3)12-6-11-18-14-21/h6,9-11,13-15H,4-5,7-8,12H2,1-3H3,(H,18,21)/b11-6-. The SMILES string of the molecule is CC(C)CCCCc1ccc(N(C)C/C=C\NC=O)nc1. The molecule has 4 nitrogen and oxygen atoms in total. The molecule has 1 heterocycles. The average Bonchev–Trinajstić information content (AvgIpc) is 2.48. The molecule has 0 aliphatic rings. The molecule has 0 aliphatic heterocycles. The largest absolute Gasteiger partial charge is 0.356 e. The van der Waals surface area contributed by atoms with Crippen molar-refractivity contribution in [1.82, 2.24) is 10.3 Å². The number of aryl methyl sites for hydroxylation is 1. The Bertz CT molecular complexity index is 426. The zero-order valence-electron chi connectivity index (χ0n) is 13.4. The molecule has 4 heteroatoms. The molecule has 1 rings (SSSR count). The maximum atomic E-state index is 10.1. The van der Waals surface area contributed by atoms with Gasteiger partial charge in [-0.25, -0.2) is 4.98 Å². The monoisotopic (exact) mass is 289 g/mol. The molecule has 0 fully saturated rings. The van der Waals surface area contributed by atoms with E-state index in [1.807, 2.05) is 24.2 Å². The molecule has 0 saturated heterocycles. The Morgan fingerprint density at radius 3 is 2.76 bits per heavy atom. The van der Waals surface area contributed by atoms with Gasteiger partial charge in [-0.2, -0.15) is 0 Å². The Balaban J connectivity index is 2.36. The van der Waals surface area contributed by atoms with Crippen LogP contribution in [-0.2, 0) is 11.2 Å². The number of pyridine rings is 1. The smallest absolute Gasteiger partial charge is 0.211 e. The summed E-state index contributed by atoms with van der Waals surface area (Å²) in [5, 5.41) is 2.49. The second-order valence-corrected chi connectivity index (χ2v) is 5.73. The number of likely N-dealkylation sites (N-methyl/N-ethyl adjacent to an activating group) is 1. The van der Waals surface area contributed by atoms with Crippen molar-refractivity contribution in [2.75, 3.05) is 18.5 Å². The third-order valence-electron chi connectivity index (χ3n) is 3.36. The molecule has 0 saturated carbocycles. The van der Waals surface area contributed by atoms with Crippen molar-refractivity contribution in [3.05, 3.63) is 36.2 Å². The Kier molecular flexibility index (Phi) is 8.17. The van der Waals surface area contributed by atoms with Crippen LogP contribution in [0.1, 0.15) is 38.7 Å². The van der Waals surface area contributed by atoms with Crippen LogP contribution in [0.3, 0.4) is 0 Å². The molecule has 0 atom stereocenters. The number of carbonyl (C=O) groups excluding carboxylic acids is 1. The lowest BCUT2D eigenvalue weighted by atomic mass is 10.0. The summed E-state index contributed by atoms with van der Waals surface area (Å²) in [7, 11) is 1.98. The second kappa shape index (κ2) is 9.97. The van der Waals surface area contributed by atoms with E-state index in [0.29, 0.717) is 13.0 Å². The number of aromatic nitrogens is 1. The summed E-state index contributed by atoms with van der Waals surface area (Å²) in [5.41, 5.74) is 1.30. The van der Waals surface area contributed by atoms with Crippen molar-refractivity contribution in [1.29, 1.82) is 0 Å². The number of amides is 1. The van der Waals surface area contributed by atoms with Gasteiger partial charge in [-0.3, -0.25) is 4.79 Å². The highest BCUT2D eigenvalue weighted by atomic mass is 16.1. The molecule has 0 aliphatic carbocycles. The first kappa shape index (κ1) is 17.2. The van der Waals surface area contributed by atoms with Gasteiger partial charge in [-0.15, -0.1) is 0 Å². The Hall–Kier alpha value is -1.84. The van der Waals surface area contributed by atoms with Gasteiger partial charge in [0.2, 0.25) is 6.41 Å². The molecule has 1 aromatic rings. The molecular weight excluding hydrogens is 262 g/mol. The topological polar surface area (TPSA) is 45.2 Å². The summed E-state index contributed by atoms with van der Waals surface area (Å²) in [4.78, 5) is 16.6. The Morgan fingerprint density at radius 1 is 1.33 bits per heavy atom. The summed E-state index contributed by atoms with van der Waals surface area (Å²) in [6.45, 7) is 5.25. The van der Waals surface area contributed by atoms with Crippen LogP contribution in [0.5, 0.6) is 0 Å². The highest BCUT2D eigenvalue weighted by Gasteiger charge is 2.01. The highest BCUT2D eigenvalue weighted by Crippen LogP contribution is 2.13. The van der Waals surface area contributed by atoms with E-state index in [2.05, 4.69) is 36.3 Å². The number of hydrogen-bond acceptors (Lipinski definition) is 3. The van der Waals surface area contributed by atoms with E-state index < -0.39 is 0 Å². The third kappa shape index (κ3) is 7.49. The fourth-order valence-corrected chi connectivity index (χ4v) is 2.08. The highest BCUT2D eigenvalue weighted by molar-refractivity contribution is 5.48. The third-order valence-corrected chi connectivity index (χ3v) is 3.36. The summed E-state index contributed by atoms with van der Waals surface area (Å²) in [6.07, 6.45) is 11.1. The first-order chi connectivity index (χ1) is 10.1. The van der Waals surface area contributed by atoms with E-state index >= 15 is 0 Å². The first-order valence-electron chi connectivity index (χ1n) is 7.64. The summed E-state index contributed by atoms with van der Waals surface area (Å²) in [6, 6.07) is 4.21. The minimum absolute atomic E-state index is 0.656. The van der Waals surface area contributed by atoms with Crippen LogP contribution in [0.15, 0.2) is 30.6 Å². The van der Waals surface area contributed by atoms with Crippen LogP contribution in [-0.4, -0.2) is 25.0 Å². The van der Waals surface area contributed by atoms with Crippen LogP contribution >= 0.6 is 0 Å². The number of nitrogens with one attached hydrogen (secondary N) is 1. The van der Waals surface area contributed by atoms with Crippen LogP contribution in [0.4, 0.5) is 5.82 Å². The van der Waals surface area contributed by atoms with Crippen LogP contribution < -0.4 is 10.2 Å². The molecule has 0 spiro atoms. The minimum atomic E-state index is 0.656. The van der Waals surface area contributed by atoms with Crippen molar-refractivity contribution in [3.8, 4) is 0 Å². The van der Waals surface area contributed by atoms with E-state index in [0.717, 1.165) is 18.2 Å². The second-order valence-electron chi connectivity index (χ2n) is 5.73. The molecule has 0 aromatic carbocycles. The molecule has 21 heavy (non-hydrogen) atoms. The normalized spacial score (nSPS) is 11.0. The summed E-state index contributed by atoms with van der Waals surface area (Å²) in [5.74, 6) is 1.73. The van der Waals surface area contributed by atoms with Crippen molar-refractivity contribution in [2.45, 2.75) is 39.5 Å². The van der Waals surface area contributed by atoms with E-state index in [4.69, 9.17) is 0 Å². The number of rotatable bonds is 10. The lowest BCUT2D eigenvalue weighted by molar-refractivity contribution is -0.108. The fraction of sp³-hybridized carbons (Fsp3) is 0.529. The Labute approximate surface area is 128 Å². The Morgan fingerprint density at radius 2 is 2.14 bits per heavy atom. The number of unbranched alkanes of at least 4 members (excludes halogenated alkanes) is 1. The minimum Gasteiger partial charge on any atom is -0.356 e. The quantitative estimate of drug-likeness (QED) is 0.531. The molecule has 0 bridgehead atoms. The lowest BCUT2D eigenvalue weighted by Crippen LogP contribution is -2.18. The van der Waals surface area contributed by atoms with E-state index in [1.54, 1.807) is 6.20 Å². The van der Waals surface area contributed by atoms with Gasteiger partial charge in [0, 0.05) is 26.0 Å². The van der Waals surface area contributed by atoms with Crippen LogP contribution in [0.25, 0.3) is 0 Å². The van der Waals surface area contributed by atoms with Crippen molar-refractivity contribution in [2.24, 2.45) is 5.92 Å². The van der Waals surface area contributed by atoms with Crippen LogP contribution in [0.2, 0.25) is 0 Å². The zero-order chi connectivity index (χ0) is 15.5. The maximum Gasteiger partial charge on any atom is 0.211 e.